The van der Waals surface area contributed by atoms with Crippen LogP contribution in [0.3, 0.4) is 0 Å². The number of hydroxylamine groups is 2. The van der Waals surface area contributed by atoms with Crippen molar-refractivity contribution >= 4 is 6.03 Å². The maximum Gasteiger partial charge on any atom is 0.358 e. The quantitative estimate of drug-likeness (QED) is 0.552. The molecule has 1 rings (SSSR count). The molecule has 0 saturated heterocycles. The summed E-state index contributed by atoms with van der Waals surface area (Å²) in [6.45, 7) is 7.18. The van der Waals surface area contributed by atoms with Crippen LogP contribution >= 0.6 is 0 Å². The summed E-state index contributed by atoms with van der Waals surface area (Å²) in [4.78, 5) is 16.8. The van der Waals surface area contributed by atoms with Crippen molar-refractivity contribution in [2.24, 2.45) is 0 Å². The first kappa shape index (κ1) is 14.0. The summed E-state index contributed by atoms with van der Waals surface area (Å²) in [5, 5.41) is 19.9. The summed E-state index contributed by atoms with van der Waals surface area (Å²) in [7, 11) is 0. The Bertz CT molecular complexity index is 446. The molecule has 0 radical (unpaired) electrons. The van der Waals surface area contributed by atoms with Gasteiger partial charge in [-0.1, -0.05) is 18.7 Å². The molecular weight excluding hydrogens is 236 g/mol. The van der Waals surface area contributed by atoms with E-state index >= 15 is 0 Å². The topological polar surface area (TPSA) is 82.0 Å². The highest BCUT2D eigenvalue weighted by atomic mass is 16.7. The van der Waals surface area contributed by atoms with E-state index in [4.69, 9.17) is 15.1 Å². The number of aliphatic hydroxyl groups excluding tert-OH is 1. The number of nitrogens with one attached hydrogen (secondary N) is 1. The fourth-order valence-electron chi connectivity index (χ4n) is 1.26. The Kier molecular flexibility index (Phi) is 4.70. The van der Waals surface area contributed by atoms with Crippen LogP contribution in [0, 0.1) is 13.8 Å². The molecule has 1 aromatic carbocycles. The molecule has 18 heavy (non-hydrogen) atoms. The highest BCUT2D eigenvalue weighted by molar-refractivity contribution is 5.74. The Hall–Kier alpha value is -2.05. The van der Waals surface area contributed by atoms with Gasteiger partial charge in [-0.25, -0.2) is 4.79 Å². The summed E-state index contributed by atoms with van der Waals surface area (Å²) < 4.78 is 0. The zero-order chi connectivity index (χ0) is 13.7. The number of aliphatic hydroxyl groups is 2. The second-order valence-corrected chi connectivity index (χ2v) is 3.62. The van der Waals surface area contributed by atoms with Crippen molar-refractivity contribution in [2.45, 2.75) is 20.3 Å². The van der Waals surface area contributed by atoms with Gasteiger partial charge in [-0.2, -0.15) is 0 Å². The molecule has 0 atom stereocenters. The van der Waals surface area contributed by atoms with E-state index in [0.717, 1.165) is 22.4 Å². The van der Waals surface area contributed by atoms with E-state index in [9.17, 15) is 4.79 Å². The second kappa shape index (κ2) is 6.04. The van der Waals surface area contributed by atoms with Crippen LogP contribution in [0.1, 0.15) is 11.1 Å². The third-order valence-corrected chi connectivity index (χ3v) is 2.37. The first-order valence-electron chi connectivity index (χ1n) is 5.28. The number of hydrogen-bond donors (Lipinski definition) is 3. The van der Waals surface area contributed by atoms with Crippen molar-refractivity contribution in [1.29, 1.82) is 0 Å². The van der Waals surface area contributed by atoms with Gasteiger partial charge in [0.2, 0.25) is 6.41 Å². The van der Waals surface area contributed by atoms with Crippen molar-refractivity contribution in [3.63, 3.8) is 0 Å². The molecule has 0 unspecified atom stereocenters. The molecule has 0 spiro atoms. The molecule has 0 bridgehead atoms. The predicted octanol–water partition coefficient (Wildman–Crippen LogP) is 1.02. The average Bonchev–Trinajstić information content (AvgIpc) is 2.30. The minimum atomic E-state index is -1.96. The third kappa shape index (κ3) is 3.47. The van der Waals surface area contributed by atoms with Gasteiger partial charge in [-0.15, -0.1) is 5.06 Å². The summed E-state index contributed by atoms with van der Waals surface area (Å²) in [6, 6.07) is 4.57. The molecule has 6 nitrogen and oxygen atoms in total. The number of urea groups is 1. The summed E-state index contributed by atoms with van der Waals surface area (Å²) in [6.07, 6.45) is -0.832. The number of amides is 2. The normalized spacial score (nSPS) is 10.1. The lowest BCUT2D eigenvalue weighted by Gasteiger charge is -2.20. The summed E-state index contributed by atoms with van der Waals surface area (Å²) in [5.41, 5.74) is 1.89. The van der Waals surface area contributed by atoms with E-state index in [1.165, 1.54) is 0 Å². The Morgan fingerprint density at radius 1 is 1.50 bits per heavy atom. The van der Waals surface area contributed by atoms with Crippen LogP contribution in [-0.2, 0) is 0 Å². The number of nitrogens with zero attached hydrogens (tertiary/aromatic N) is 1. The van der Waals surface area contributed by atoms with Crippen LogP contribution in [0.4, 0.5) is 4.79 Å². The molecule has 1 aromatic rings. The minimum absolute atomic E-state index is 0.484. The van der Waals surface area contributed by atoms with Gasteiger partial charge in [0.25, 0.3) is 0 Å². The van der Waals surface area contributed by atoms with Gasteiger partial charge >= 0.3 is 6.03 Å². The highest BCUT2D eigenvalue weighted by Gasteiger charge is 2.15. The van der Waals surface area contributed by atoms with Gasteiger partial charge in [0.15, 0.2) is 5.75 Å². The van der Waals surface area contributed by atoms with Crippen molar-refractivity contribution in [3.05, 3.63) is 42.1 Å². The number of rotatable bonds is 4. The molecule has 0 aromatic heterocycles. The lowest BCUT2D eigenvalue weighted by atomic mass is 10.1. The van der Waals surface area contributed by atoms with Crippen molar-refractivity contribution < 1.29 is 19.8 Å². The number of benzene rings is 1. The fraction of sp³-hybridized carbons (Fsp3) is 0.250. The molecule has 2 amide bonds. The van der Waals surface area contributed by atoms with Gasteiger partial charge in [0, 0.05) is 6.20 Å². The molecule has 0 aliphatic rings. The first-order chi connectivity index (χ1) is 8.45. The monoisotopic (exact) mass is 252 g/mol. The average molecular weight is 252 g/mol. The lowest BCUT2D eigenvalue weighted by Crippen LogP contribution is -2.43. The van der Waals surface area contributed by atoms with Crippen LogP contribution in [0.15, 0.2) is 31.0 Å². The largest absolute Gasteiger partial charge is 0.371 e. The lowest BCUT2D eigenvalue weighted by molar-refractivity contribution is -0.0667. The van der Waals surface area contributed by atoms with Crippen LogP contribution in [-0.4, -0.2) is 27.7 Å². The number of carbonyl (C=O) groups is 1. The smallest absolute Gasteiger partial charge is 0.358 e. The van der Waals surface area contributed by atoms with E-state index in [1.807, 2.05) is 25.2 Å². The molecule has 0 heterocycles. The fourth-order valence-corrected chi connectivity index (χ4v) is 1.26. The van der Waals surface area contributed by atoms with Gasteiger partial charge in [0.1, 0.15) is 0 Å². The third-order valence-electron chi connectivity index (χ3n) is 2.37. The van der Waals surface area contributed by atoms with Crippen molar-refractivity contribution in [2.75, 3.05) is 0 Å². The Balaban J connectivity index is 2.83. The van der Waals surface area contributed by atoms with Gasteiger partial charge in [-0.3, -0.25) is 5.32 Å². The minimum Gasteiger partial charge on any atom is -0.371 e. The van der Waals surface area contributed by atoms with E-state index in [0.29, 0.717) is 5.75 Å². The molecule has 0 aliphatic carbocycles. The summed E-state index contributed by atoms with van der Waals surface area (Å²) >= 11 is 0. The molecule has 0 fully saturated rings. The van der Waals surface area contributed by atoms with E-state index in [1.54, 1.807) is 12.1 Å². The summed E-state index contributed by atoms with van der Waals surface area (Å²) in [5.74, 6) is 0.484. The zero-order valence-corrected chi connectivity index (χ0v) is 10.3. The van der Waals surface area contributed by atoms with Crippen LogP contribution < -0.4 is 10.2 Å². The zero-order valence-electron chi connectivity index (χ0n) is 10.3. The highest BCUT2D eigenvalue weighted by Crippen LogP contribution is 2.21. The molecular formula is C12H16N2O4. The number of aryl methyl sites for hydroxylation is 1. The molecule has 0 saturated carbocycles. The Morgan fingerprint density at radius 2 is 2.17 bits per heavy atom. The van der Waals surface area contributed by atoms with Gasteiger partial charge in [-0.05, 0) is 31.0 Å². The standard InChI is InChI=1S/C12H16N2O4/c1-4-14(11(15)13-12(16)17)18-10-7-5-6-8(2)9(10)3/h4-7,12,16-17H,1H2,2-3H3,(H,13,15). The van der Waals surface area contributed by atoms with Crippen molar-refractivity contribution in [3.8, 4) is 5.75 Å². The SMILES string of the molecule is C=CN(Oc1cccc(C)c1C)C(=O)NC(O)O. The maximum absolute atomic E-state index is 11.5. The molecule has 6 heteroatoms. The Labute approximate surface area is 105 Å². The molecule has 3 N–H and O–H groups in total. The van der Waals surface area contributed by atoms with E-state index in [2.05, 4.69) is 6.58 Å². The Morgan fingerprint density at radius 3 is 2.72 bits per heavy atom. The van der Waals surface area contributed by atoms with Crippen LogP contribution in [0.5, 0.6) is 5.75 Å². The predicted molar refractivity (Wildman–Crippen MR) is 65.3 cm³/mol. The first-order valence-corrected chi connectivity index (χ1v) is 5.28. The van der Waals surface area contributed by atoms with Crippen LogP contribution in [0.2, 0.25) is 0 Å². The van der Waals surface area contributed by atoms with Gasteiger partial charge < -0.3 is 15.1 Å². The number of hydrogen-bond acceptors (Lipinski definition) is 4. The van der Waals surface area contributed by atoms with Gasteiger partial charge in [0.05, 0.1) is 0 Å². The van der Waals surface area contributed by atoms with Crippen molar-refractivity contribution in [1.82, 2.24) is 10.4 Å². The molecule has 98 valence electrons. The molecule has 0 aliphatic heterocycles. The van der Waals surface area contributed by atoms with E-state index in [-0.39, 0.29) is 0 Å². The van der Waals surface area contributed by atoms with E-state index < -0.39 is 12.4 Å². The van der Waals surface area contributed by atoms with Crippen LogP contribution in [0.25, 0.3) is 0 Å². The second-order valence-electron chi connectivity index (χ2n) is 3.62. The maximum atomic E-state index is 11.5. The number of carbonyl (C=O) groups excluding carboxylic acids is 1.